The molecule has 20 heteroatoms. The maximum Gasteiger partial charge on any atom is 0.443 e. The van der Waals surface area contributed by atoms with Crippen molar-refractivity contribution in [3.05, 3.63) is 45.7 Å². The number of thiazole rings is 1. The summed E-state index contributed by atoms with van der Waals surface area (Å²) >= 11 is 0.515. The summed E-state index contributed by atoms with van der Waals surface area (Å²) in [6.45, 7) is 10.3. The minimum absolute atomic E-state index is 0.0682. The van der Waals surface area contributed by atoms with Gasteiger partial charge >= 0.3 is 12.3 Å². The molecule has 15 nitrogen and oxygen atoms in total. The molecule has 0 aromatic carbocycles. The van der Waals surface area contributed by atoms with Gasteiger partial charge in [0, 0.05) is 23.8 Å². The van der Waals surface area contributed by atoms with Crippen LogP contribution in [0, 0.1) is 5.92 Å². The fourth-order valence-corrected chi connectivity index (χ4v) is 10.3. The Morgan fingerprint density at radius 3 is 2.48 bits per heavy atom. The number of amides is 4. The Hall–Kier alpha value is -4.46. The summed E-state index contributed by atoms with van der Waals surface area (Å²) in [7, 11) is -4.05. The zero-order valence-electron chi connectivity index (χ0n) is 35.1. The van der Waals surface area contributed by atoms with E-state index in [1.807, 2.05) is 38.2 Å². The minimum Gasteiger partial charge on any atom is -0.459 e. The third-order valence-electron chi connectivity index (χ3n) is 12.0. The molecule has 334 valence electrons. The Labute approximate surface area is 357 Å². The van der Waals surface area contributed by atoms with Gasteiger partial charge in [0.1, 0.15) is 29.3 Å². The average molecular weight is 894 g/mol. The lowest BCUT2D eigenvalue weighted by molar-refractivity contribution is -0.141. The Bertz CT molecular complexity index is 2230. The predicted octanol–water partition coefficient (Wildman–Crippen LogP) is 6.12. The smallest absolute Gasteiger partial charge is 0.443 e. The quantitative estimate of drug-likeness (QED) is 0.260. The summed E-state index contributed by atoms with van der Waals surface area (Å²) in [5, 5.41) is 6.00. The zero-order chi connectivity index (χ0) is 44.3. The third-order valence-corrected chi connectivity index (χ3v) is 15.1. The van der Waals surface area contributed by atoms with Crippen LogP contribution in [0.5, 0.6) is 6.01 Å². The fraction of sp³-hybridized carbons (Fsp3) is 0.659. The van der Waals surface area contributed by atoms with E-state index < -0.39 is 90.9 Å². The van der Waals surface area contributed by atoms with E-state index in [4.69, 9.17) is 14.5 Å². The molecule has 4 amide bonds. The molecule has 3 aliphatic carbocycles. The van der Waals surface area contributed by atoms with Crippen LogP contribution in [0.15, 0.2) is 23.6 Å². The third kappa shape index (κ3) is 9.34. The molecule has 2 saturated carbocycles. The van der Waals surface area contributed by atoms with Crippen LogP contribution in [0.1, 0.15) is 140 Å². The molecule has 3 N–H and O–H groups in total. The topological polar surface area (TPSA) is 191 Å². The first kappa shape index (κ1) is 44.6. The highest BCUT2D eigenvalue weighted by Crippen LogP contribution is 2.48. The number of nitrogens with one attached hydrogen (secondary N) is 3. The molecule has 0 spiro atoms. The van der Waals surface area contributed by atoms with Gasteiger partial charge in [-0.25, -0.2) is 18.2 Å². The van der Waals surface area contributed by atoms with E-state index in [-0.39, 0.29) is 43.6 Å². The molecule has 0 bridgehead atoms. The van der Waals surface area contributed by atoms with Gasteiger partial charge in [-0.2, -0.15) is 18.2 Å². The number of aromatic nitrogens is 3. The number of alkyl halides is 3. The Morgan fingerprint density at radius 2 is 1.82 bits per heavy atom. The van der Waals surface area contributed by atoms with Crippen molar-refractivity contribution in [2.24, 2.45) is 5.92 Å². The number of hydrogen-bond acceptors (Lipinski definition) is 11. The Morgan fingerprint density at radius 1 is 1.08 bits per heavy atom. The number of fused-ring (bicyclic) bond motifs is 3. The zero-order valence-corrected chi connectivity index (χ0v) is 36.8. The van der Waals surface area contributed by atoms with Crippen molar-refractivity contribution in [2.75, 3.05) is 6.54 Å². The van der Waals surface area contributed by atoms with Crippen molar-refractivity contribution in [2.45, 2.75) is 158 Å². The molecule has 5 aliphatic rings. The van der Waals surface area contributed by atoms with Crippen LogP contribution in [0.2, 0.25) is 0 Å². The largest absolute Gasteiger partial charge is 0.459 e. The van der Waals surface area contributed by atoms with Gasteiger partial charge in [-0.15, -0.1) is 11.3 Å². The molecular weight excluding hydrogens is 840 g/mol. The second-order valence-corrected chi connectivity index (χ2v) is 21.4. The normalized spacial score (nSPS) is 28.4. The summed E-state index contributed by atoms with van der Waals surface area (Å²) in [5.41, 5.74) is -1.12. The van der Waals surface area contributed by atoms with Gasteiger partial charge in [0.05, 0.1) is 34.3 Å². The van der Waals surface area contributed by atoms with Gasteiger partial charge in [-0.3, -0.25) is 23.7 Å². The van der Waals surface area contributed by atoms with Crippen LogP contribution in [-0.2, 0) is 35.3 Å². The van der Waals surface area contributed by atoms with Crippen molar-refractivity contribution < 1.29 is 50.2 Å². The van der Waals surface area contributed by atoms with Gasteiger partial charge in [0.15, 0.2) is 5.01 Å². The molecule has 4 heterocycles. The van der Waals surface area contributed by atoms with Crippen LogP contribution < -0.4 is 20.1 Å². The van der Waals surface area contributed by atoms with Crippen LogP contribution in [0.4, 0.5) is 18.0 Å². The number of halogens is 3. The minimum atomic E-state index is -4.60. The molecular formula is C41H54F3N7O8S2. The number of hydrogen-bond donors (Lipinski definition) is 3. The highest BCUT2D eigenvalue weighted by molar-refractivity contribution is 7.91. The van der Waals surface area contributed by atoms with E-state index >= 15 is 0 Å². The first-order valence-electron chi connectivity index (χ1n) is 20.9. The van der Waals surface area contributed by atoms with Crippen molar-refractivity contribution in [1.29, 1.82) is 0 Å². The molecule has 1 saturated heterocycles. The number of allylic oxidation sites excluding steroid dienone is 2. The van der Waals surface area contributed by atoms with Crippen LogP contribution in [0.3, 0.4) is 0 Å². The molecule has 2 aliphatic heterocycles. The maximum absolute atomic E-state index is 14.7. The first-order chi connectivity index (χ1) is 28.5. The van der Waals surface area contributed by atoms with E-state index in [0.29, 0.717) is 61.2 Å². The molecule has 7 rings (SSSR count). The standard InChI is InChI=1S/C41H54F3N7O8S2/c1-23(2)51-29-16-12-14-26(28-22-60-35(45-28)41(42,43)44)31(29)47-36(51)58-25-19-30-32(52)48-40(34(54)49-61(56,57)39(6)17-18-39)20-24(40)13-10-8-7-9-11-15-27(33(53)50(30)21-25)46-37(55)59-38(3,4)5/h10,12-13,16,22-27,30H,7-9,11,14-15,17-21H2,1-6H3,(H,46,55)(H,48,52)(H,49,54)/b13-10-/t24-,25-,26?,27+,30+,40-/m1/s1. The number of alkyl carbamates (subject to hydrolysis) is 1. The number of nitrogens with zero attached hydrogens (tertiary/aromatic N) is 4. The highest BCUT2D eigenvalue weighted by atomic mass is 32.2. The second-order valence-electron chi connectivity index (χ2n) is 18.3. The van der Waals surface area contributed by atoms with E-state index in [9.17, 15) is 40.8 Å². The molecule has 2 aromatic rings. The molecule has 6 atom stereocenters. The number of rotatable bonds is 8. The summed E-state index contributed by atoms with van der Waals surface area (Å²) in [4.78, 5) is 66.3. The van der Waals surface area contributed by atoms with Crippen molar-refractivity contribution >= 4 is 51.3 Å². The van der Waals surface area contributed by atoms with Crippen molar-refractivity contribution in [3.8, 4) is 6.01 Å². The number of carbonyl (C=O) groups is 4. The molecule has 2 aromatic heterocycles. The lowest BCUT2D eigenvalue weighted by Gasteiger charge is -2.30. The van der Waals surface area contributed by atoms with Crippen LogP contribution in [-0.4, -0.2) is 92.3 Å². The van der Waals surface area contributed by atoms with E-state index in [2.05, 4.69) is 20.3 Å². The van der Waals surface area contributed by atoms with Crippen LogP contribution in [0.25, 0.3) is 6.08 Å². The lowest BCUT2D eigenvalue weighted by atomic mass is 9.92. The van der Waals surface area contributed by atoms with E-state index in [1.165, 1.54) is 10.3 Å². The summed E-state index contributed by atoms with van der Waals surface area (Å²) in [6.07, 6.45) is 5.30. The SMILES string of the molecule is CC(C)n1c(O[C@@H]2C[C@H]3C(=O)N[C@]4(C(=O)NS(=O)(=O)C5(C)CC5)C[C@H]4/C=C\CCCCC[C@H](NC(=O)OC(C)(C)C)C(=O)N3C2)nc2c1C=CCC2c1csc(C(F)(F)F)n1. The second kappa shape index (κ2) is 16.3. The van der Waals surface area contributed by atoms with Crippen molar-refractivity contribution in [3.63, 3.8) is 0 Å². The van der Waals surface area contributed by atoms with Crippen molar-refractivity contribution in [1.82, 2.24) is 34.8 Å². The first-order valence-corrected chi connectivity index (χ1v) is 23.2. The van der Waals surface area contributed by atoms with Gasteiger partial charge in [0.2, 0.25) is 21.8 Å². The van der Waals surface area contributed by atoms with E-state index in [0.717, 1.165) is 6.42 Å². The highest BCUT2D eigenvalue weighted by Gasteiger charge is 2.63. The lowest BCUT2D eigenvalue weighted by Crippen LogP contribution is -2.58. The van der Waals surface area contributed by atoms with Gasteiger partial charge in [-0.1, -0.05) is 31.1 Å². The van der Waals surface area contributed by atoms with Gasteiger partial charge < -0.3 is 25.0 Å². The summed E-state index contributed by atoms with van der Waals surface area (Å²) in [6, 6.07) is -2.41. The molecule has 0 radical (unpaired) electrons. The fourth-order valence-electron chi connectivity index (χ4n) is 8.25. The Kier molecular flexibility index (Phi) is 11.9. The number of sulfonamides is 1. The predicted molar refractivity (Wildman–Crippen MR) is 219 cm³/mol. The average Bonchev–Trinajstić information content (AvgIpc) is 3.81. The van der Waals surface area contributed by atoms with Gasteiger partial charge in [-0.05, 0) is 92.6 Å². The molecule has 61 heavy (non-hydrogen) atoms. The number of carbonyl (C=O) groups excluding carboxylic acids is 4. The summed E-state index contributed by atoms with van der Waals surface area (Å²) < 4.78 is 82.1. The monoisotopic (exact) mass is 893 g/mol. The van der Waals surface area contributed by atoms with Crippen LogP contribution >= 0.6 is 11.3 Å². The number of imidazole rings is 1. The van der Waals surface area contributed by atoms with Gasteiger partial charge in [0.25, 0.3) is 11.9 Å². The maximum atomic E-state index is 14.7. The molecule has 1 unspecified atom stereocenters. The number of ether oxygens (including phenoxy) is 2. The summed E-state index contributed by atoms with van der Waals surface area (Å²) in [5.74, 6) is -3.21. The van der Waals surface area contributed by atoms with E-state index in [1.54, 1.807) is 32.3 Å². The molecule has 3 fully saturated rings. The Balaban J connectivity index is 1.21.